The predicted molar refractivity (Wildman–Crippen MR) is 126 cm³/mol. The molecule has 0 atom stereocenters. The molecule has 4 rings (SSSR count). The van der Waals surface area contributed by atoms with Crippen molar-refractivity contribution in [3.63, 3.8) is 0 Å². The third-order valence-electron chi connectivity index (χ3n) is 5.52. The number of nitrogens with one attached hydrogen (secondary N) is 1. The summed E-state index contributed by atoms with van der Waals surface area (Å²) in [7, 11) is -5.75. The van der Waals surface area contributed by atoms with Gasteiger partial charge in [-0.1, -0.05) is 17.7 Å². The Morgan fingerprint density at radius 3 is 2.06 bits per heavy atom. The third-order valence-corrected chi connectivity index (χ3v) is 9.15. The maximum absolute atomic E-state index is 13.6. The minimum atomic E-state index is -4.28. The Bertz CT molecular complexity index is 1690. The number of rotatable bonds is 5. The van der Waals surface area contributed by atoms with Crippen LogP contribution in [0.25, 0.3) is 5.69 Å². The van der Waals surface area contributed by atoms with Gasteiger partial charge in [0, 0.05) is 20.2 Å². The maximum atomic E-state index is 13.6. The van der Waals surface area contributed by atoms with Gasteiger partial charge >= 0.3 is 0 Å². The van der Waals surface area contributed by atoms with Gasteiger partial charge in [-0.25, -0.2) is 21.1 Å². The number of sulfonamides is 1. The average Bonchev–Trinajstić information content (AvgIpc) is 3.06. The topological polar surface area (TPSA) is 166 Å². The van der Waals surface area contributed by atoms with Crippen molar-refractivity contribution in [2.45, 2.75) is 21.6 Å². The lowest BCUT2D eigenvalue weighted by Gasteiger charge is -2.18. The molecule has 0 spiro atoms. The van der Waals surface area contributed by atoms with Crippen molar-refractivity contribution >= 4 is 37.5 Å². The van der Waals surface area contributed by atoms with Crippen molar-refractivity contribution in [2.75, 3.05) is 19.8 Å². The lowest BCUT2D eigenvalue weighted by molar-refractivity contribution is 0.0880. The molecule has 2 aromatic carbocycles. The number of aryl methyl sites for hydroxylation is 1. The molecule has 0 radical (unpaired) electrons. The zero-order chi connectivity index (χ0) is 25.9. The van der Waals surface area contributed by atoms with Crippen LogP contribution in [0, 0.1) is 6.92 Å². The molecule has 3 aromatic rings. The van der Waals surface area contributed by atoms with E-state index in [1.807, 2.05) is 5.32 Å². The van der Waals surface area contributed by atoms with Crippen LogP contribution in [0.15, 0.2) is 68.0 Å². The van der Waals surface area contributed by atoms with Crippen LogP contribution >= 0.6 is 0 Å². The number of aromatic nitrogens is 1. The summed E-state index contributed by atoms with van der Waals surface area (Å²) < 4.78 is 54.3. The Morgan fingerprint density at radius 1 is 0.857 bits per heavy atom. The second-order valence-corrected chi connectivity index (χ2v) is 12.1. The number of imide groups is 1. The fourth-order valence-corrected chi connectivity index (χ4v) is 5.99. The molecule has 35 heavy (non-hydrogen) atoms. The summed E-state index contributed by atoms with van der Waals surface area (Å²) in [4.78, 5) is 36.5. The van der Waals surface area contributed by atoms with E-state index in [2.05, 4.69) is 0 Å². The van der Waals surface area contributed by atoms with E-state index < -0.39 is 47.9 Å². The van der Waals surface area contributed by atoms with Gasteiger partial charge in [0.1, 0.15) is 5.82 Å². The van der Waals surface area contributed by atoms with Crippen molar-refractivity contribution in [3.8, 4) is 5.69 Å². The lowest BCUT2D eigenvalue weighted by atomic mass is 10.1. The smallest absolute Gasteiger partial charge is 0.262 e. The van der Waals surface area contributed by atoms with Gasteiger partial charge in [-0.3, -0.25) is 24.3 Å². The average molecular weight is 517 g/mol. The highest BCUT2D eigenvalue weighted by Crippen LogP contribution is 2.32. The van der Waals surface area contributed by atoms with Crippen molar-refractivity contribution in [3.05, 3.63) is 75.6 Å². The maximum Gasteiger partial charge on any atom is 0.262 e. The minimum absolute atomic E-state index is 0.103. The molecule has 0 bridgehead atoms. The normalized spacial score (nSPS) is 13.7. The van der Waals surface area contributed by atoms with Crippen LogP contribution in [-0.4, -0.2) is 51.6 Å². The largest absolute Gasteiger partial charge is 0.384 e. The summed E-state index contributed by atoms with van der Waals surface area (Å²) in [6.07, 6.45) is 0. The quantitative estimate of drug-likeness (QED) is 0.468. The molecule has 1 aliphatic rings. The van der Waals surface area contributed by atoms with Crippen molar-refractivity contribution < 1.29 is 26.4 Å². The number of amides is 2. The highest BCUT2D eigenvalue weighted by molar-refractivity contribution is 7.91. The standard InChI is InChI=1S/C22H20N4O7S2/c1-12-4-6-13(7-5-12)34(30,31)17-9-8-14(35(32,33)25(2)3)10-16(17)26-18(27)11-15-19(20(26)23)22(29)24-21(15)28/h4-11H,23H2,1-3H3,(H,24,28,29). The number of anilines is 1. The second kappa shape index (κ2) is 8.15. The van der Waals surface area contributed by atoms with Gasteiger partial charge in [0.25, 0.3) is 17.4 Å². The van der Waals surface area contributed by atoms with Crippen molar-refractivity contribution in [1.29, 1.82) is 0 Å². The molecule has 2 heterocycles. The summed E-state index contributed by atoms with van der Waals surface area (Å²) in [6, 6.07) is 9.93. The van der Waals surface area contributed by atoms with E-state index in [0.29, 0.717) is 4.57 Å². The van der Waals surface area contributed by atoms with Gasteiger partial charge in [0.15, 0.2) is 0 Å². The van der Waals surface area contributed by atoms with Gasteiger partial charge in [0.05, 0.1) is 31.5 Å². The molecule has 13 heteroatoms. The first-order chi connectivity index (χ1) is 16.3. The number of nitrogen functional groups attached to an aromatic ring is 1. The molecular formula is C22H20N4O7S2. The number of carbonyl (C=O) groups excluding carboxylic acids is 2. The first kappa shape index (κ1) is 24.3. The van der Waals surface area contributed by atoms with Crippen LogP contribution < -0.4 is 16.6 Å². The number of pyridine rings is 1. The van der Waals surface area contributed by atoms with E-state index in [4.69, 9.17) is 5.73 Å². The van der Waals surface area contributed by atoms with Crippen LogP contribution in [0.4, 0.5) is 5.82 Å². The summed E-state index contributed by atoms with van der Waals surface area (Å²) in [5.74, 6) is -2.19. The number of fused-ring (bicyclic) bond motifs is 1. The first-order valence-corrected chi connectivity index (χ1v) is 13.0. The van der Waals surface area contributed by atoms with Crippen LogP contribution in [0.3, 0.4) is 0 Å². The molecule has 2 amide bonds. The predicted octanol–water partition coefficient (Wildman–Crippen LogP) is 0.695. The highest BCUT2D eigenvalue weighted by atomic mass is 32.2. The van der Waals surface area contributed by atoms with Crippen LogP contribution in [0.1, 0.15) is 26.3 Å². The Labute approximate surface area is 200 Å². The second-order valence-electron chi connectivity index (χ2n) is 8.01. The number of hydrogen-bond acceptors (Lipinski definition) is 8. The number of sulfone groups is 1. The monoisotopic (exact) mass is 516 g/mol. The van der Waals surface area contributed by atoms with Gasteiger partial charge in [-0.15, -0.1) is 0 Å². The van der Waals surface area contributed by atoms with Crippen molar-refractivity contribution in [1.82, 2.24) is 14.2 Å². The fourth-order valence-electron chi connectivity index (χ4n) is 3.64. The number of nitrogens with two attached hydrogens (primary N) is 1. The molecular weight excluding hydrogens is 496 g/mol. The van der Waals surface area contributed by atoms with Crippen LogP contribution in [0.5, 0.6) is 0 Å². The number of benzene rings is 2. The molecule has 0 saturated carbocycles. The van der Waals surface area contributed by atoms with Gasteiger partial charge in [-0.2, -0.15) is 0 Å². The zero-order valence-electron chi connectivity index (χ0n) is 18.8. The Kier molecular flexibility index (Phi) is 5.66. The van der Waals surface area contributed by atoms with Crippen LogP contribution in [-0.2, 0) is 19.9 Å². The summed E-state index contributed by atoms with van der Waals surface area (Å²) in [5.41, 5.74) is 5.04. The molecule has 0 aliphatic carbocycles. The molecule has 1 aromatic heterocycles. The van der Waals surface area contributed by atoms with E-state index in [1.165, 1.54) is 26.2 Å². The Hall–Kier alpha value is -3.81. The van der Waals surface area contributed by atoms with E-state index in [-0.39, 0.29) is 26.6 Å². The molecule has 0 saturated heterocycles. The Balaban J connectivity index is 2.11. The highest BCUT2D eigenvalue weighted by Gasteiger charge is 2.34. The van der Waals surface area contributed by atoms with Gasteiger partial charge in [0.2, 0.25) is 19.9 Å². The van der Waals surface area contributed by atoms with E-state index in [0.717, 1.165) is 34.1 Å². The van der Waals surface area contributed by atoms with Gasteiger partial charge in [-0.05, 0) is 37.3 Å². The third kappa shape index (κ3) is 3.83. The van der Waals surface area contributed by atoms with Crippen molar-refractivity contribution in [2.24, 2.45) is 0 Å². The fraction of sp³-hybridized carbons (Fsp3) is 0.136. The number of hydrogen-bond donors (Lipinski definition) is 2. The molecule has 1 aliphatic heterocycles. The Morgan fingerprint density at radius 2 is 1.46 bits per heavy atom. The number of nitrogens with zero attached hydrogens (tertiary/aromatic N) is 2. The summed E-state index contributed by atoms with van der Waals surface area (Å²) >= 11 is 0. The molecule has 11 nitrogen and oxygen atoms in total. The number of carbonyl (C=O) groups is 2. The first-order valence-electron chi connectivity index (χ1n) is 10.1. The zero-order valence-corrected chi connectivity index (χ0v) is 20.4. The van der Waals surface area contributed by atoms with Gasteiger partial charge < -0.3 is 5.73 Å². The van der Waals surface area contributed by atoms with E-state index in [9.17, 15) is 31.2 Å². The molecule has 0 unspecified atom stereocenters. The van der Waals surface area contributed by atoms with E-state index >= 15 is 0 Å². The minimum Gasteiger partial charge on any atom is -0.384 e. The lowest BCUT2D eigenvalue weighted by Crippen LogP contribution is -2.27. The van der Waals surface area contributed by atoms with Crippen LogP contribution in [0.2, 0.25) is 0 Å². The van der Waals surface area contributed by atoms with E-state index in [1.54, 1.807) is 19.1 Å². The summed E-state index contributed by atoms with van der Waals surface area (Å²) in [6.45, 7) is 1.78. The molecule has 182 valence electrons. The SMILES string of the molecule is Cc1ccc(S(=O)(=O)c2ccc(S(=O)(=O)N(C)C)cc2-n2c(N)c3c(cc2=O)C(=O)NC3=O)cc1. The summed E-state index contributed by atoms with van der Waals surface area (Å²) in [5, 5.41) is 2.02. The molecule has 0 fully saturated rings. The molecule has 3 N–H and O–H groups in total.